The number of aromatic nitrogens is 5. The number of nitrogens with one attached hydrogen (secondary N) is 1. The van der Waals surface area contributed by atoms with E-state index in [2.05, 4.69) is 36.1 Å². The highest BCUT2D eigenvalue weighted by Gasteiger charge is 2.38. The number of aromatic amines is 1. The van der Waals surface area contributed by atoms with E-state index in [-0.39, 0.29) is 11.2 Å². The van der Waals surface area contributed by atoms with Crippen molar-refractivity contribution in [1.29, 1.82) is 0 Å². The van der Waals surface area contributed by atoms with Gasteiger partial charge in [0.05, 0.1) is 17.4 Å². The summed E-state index contributed by atoms with van der Waals surface area (Å²) < 4.78 is 41.9. The van der Waals surface area contributed by atoms with Crippen LogP contribution < -0.4 is 0 Å². The summed E-state index contributed by atoms with van der Waals surface area (Å²) in [6.45, 7) is 1.81. The zero-order chi connectivity index (χ0) is 17.1. The van der Waals surface area contributed by atoms with Gasteiger partial charge in [-0.3, -0.25) is 9.67 Å². The lowest BCUT2D eigenvalue weighted by atomic mass is 10.1. The maximum atomic E-state index is 13.5. The smallest absolute Gasteiger partial charge is 0.278 e. The lowest BCUT2D eigenvalue weighted by Crippen LogP contribution is -2.14. The number of pyridine rings is 1. The van der Waals surface area contributed by atoms with Crippen LogP contribution in [0.3, 0.4) is 0 Å². The summed E-state index contributed by atoms with van der Waals surface area (Å²) in [6.07, 6.45) is -3.03. The van der Waals surface area contributed by atoms with Crippen LogP contribution in [0.1, 0.15) is 11.4 Å². The van der Waals surface area contributed by atoms with Crippen molar-refractivity contribution in [2.45, 2.75) is 13.1 Å². The predicted octanol–water partition coefficient (Wildman–Crippen LogP) is 4.39. The molecule has 0 radical (unpaired) electrons. The molecule has 0 saturated heterocycles. The molecule has 5 nitrogen and oxygen atoms in total. The van der Waals surface area contributed by atoms with Gasteiger partial charge in [-0.15, -0.1) is 0 Å². The van der Waals surface area contributed by atoms with Crippen LogP contribution in [0.15, 0.2) is 35.1 Å². The molecule has 0 spiro atoms. The van der Waals surface area contributed by atoms with Crippen molar-refractivity contribution in [1.82, 2.24) is 24.7 Å². The van der Waals surface area contributed by atoms with Gasteiger partial charge in [-0.05, 0) is 52.7 Å². The maximum absolute atomic E-state index is 13.5. The van der Waals surface area contributed by atoms with Crippen LogP contribution in [0.5, 0.6) is 0 Å². The normalized spacial score (nSPS) is 12.4. The van der Waals surface area contributed by atoms with Crippen LogP contribution in [0.25, 0.3) is 27.8 Å². The lowest BCUT2D eigenvalue weighted by molar-refractivity contribution is -0.145. The van der Waals surface area contributed by atoms with Gasteiger partial charge in [0.15, 0.2) is 5.65 Å². The van der Waals surface area contributed by atoms with Gasteiger partial charge in [-0.2, -0.15) is 18.3 Å². The molecule has 0 aliphatic heterocycles. The molecule has 9 heteroatoms. The second-order valence-electron chi connectivity index (χ2n) is 5.34. The summed E-state index contributed by atoms with van der Waals surface area (Å²) in [6, 6.07) is 6.34. The molecular weight excluding hydrogens is 387 g/mol. The van der Waals surface area contributed by atoms with E-state index >= 15 is 0 Å². The average molecular weight is 396 g/mol. The molecule has 122 valence electrons. The molecule has 4 aromatic rings. The van der Waals surface area contributed by atoms with Crippen LogP contribution in [-0.2, 0) is 6.18 Å². The van der Waals surface area contributed by atoms with Gasteiger partial charge in [0.1, 0.15) is 10.1 Å². The lowest BCUT2D eigenvalue weighted by Gasteiger charge is -2.12. The van der Waals surface area contributed by atoms with E-state index in [0.717, 1.165) is 21.0 Å². The Morgan fingerprint density at radius 2 is 1.96 bits per heavy atom. The van der Waals surface area contributed by atoms with Gasteiger partial charge in [0, 0.05) is 5.39 Å². The molecule has 0 fully saturated rings. The van der Waals surface area contributed by atoms with Gasteiger partial charge >= 0.3 is 6.18 Å². The first-order valence-corrected chi connectivity index (χ1v) is 7.70. The maximum Gasteiger partial charge on any atom is 0.450 e. The van der Waals surface area contributed by atoms with E-state index in [1.807, 2.05) is 0 Å². The number of benzene rings is 1. The van der Waals surface area contributed by atoms with Crippen LogP contribution in [0.4, 0.5) is 13.2 Å². The Kier molecular flexibility index (Phi) is 3.17. The Morgan fingerprint density at radius 3 is 2.71 bits per heavy atom. The first kappa shape index (κ1) is 15.1. The summed E-state index contributed by atoms with van der Waals surface area (Å²) in [5, 5.41) is 7.49. The number of nitrogens with zero attached hydrogens (tertiary/aromatic N) is 4. The molecule has 0 aliphatic rings. The van der Waals surface area contributed by atoms with Crippen molar-refractivity contribution < 1.29 is 13.2 Å². The van der Waals surface area contributed by atoms with Gasteiger partial charge in [-0.1, -0.05) is 0 Å². The third-order valence-electron chi connectivity index (χ3n) is 3.71. The second-order valence-corrected chi connectivity index (χ2v) is 6.15. The fraction of sp³-hybridized carbons (Fsp3) is 0.133. The standard InChI is InChI=1S/C15H9BrF3N5/c1-7-4-9(5-8-6-20-23-12(7)8)24-13-10(2-3-11(16)22-13)21-14(24)15(17,18)19/h2-6H,1H3,(H,20,23). The Morgan fingerprint density at radius 1 is 1.17 bits per heavy atom. The summed E-state index contributed by atoms with van der Waals surface area (Å²) in [5.74, 6) is -1.01. The number of fused-ring (bicyclic) bond motifs is 2. The van der Waals surface area contributed by atoms with Crippen LogP contribution in [0, 0.1) is 6.92 Å². The molecule has 0 saturated carbocycles. The minimum absolute atomic E-state index is 0.138. The number of hydrogen-bond donors (Lipinski definition) is 1. The van der Waals surface area contributed by atoms with Gasteiger partial charge < -0.3 is 0 Å². The fourth-order valence-electron chi connectivity index (χ4n) is 2.71. The van der Waals surface area contributed by atoms with Crippen molar-refractivity contribution in [3.05, 3.63) is 46.5 Å². The van der Waals surface area contributed by atoms with E-state index in [9.17, 15) is 13.2 Å². The van der Waals surface area contributed by atoms with E-state index in [4.69, 9.17) is 0 Å². The highest BCUT2D eigenvalue weighted by molar-refractivity contribution is 9.10. The van der Waals surface area contributed by atoms with Crippen LogP contribution in [-0.4, -0.2) is 24.7 Å². The number of rotatable bonds is 1. The minimum Gasteiger partial charge on any atom is -0.278 e. The highest BCUT2D eigenvalue weighted by Crippen LogP contribution is 2.34. The Hall–Kier alpha value is -2.42. The van der Waals surface area contributed by atoms with Crippen LogP contribution >= 0.6 is 15.9 Å². The zero-order valence-corrected chi connectivity index (χ0v) is 13.8. The highest BCUT2D eigenvalue weighted by atomic mass is 79.9. The fourth-order valence-corrected chi connectivity index (χ4v) is 3.01. The molecule has 24 heavy (non-hydrogen) atoms. The molecule has 3 aromatic heterocycles. The molecule has 3 heterocycles. The monoisotopic (exact) mass is 395 g/mol. The molecule has 1 aromatic carbocycles. The Bertz CT molecular complexity index is 1080. The zero-order valence-electron chi connectivity index (χ0n) is 12.2. The summed E-state index contributed by atoms with van der Waals surface area (Å²) >= 11 is 3.20. The summed E-state index contributed by atoms with van der Waals surface area (Å²) in [5.41, 5.74) is 2.21. The predicted molar refractivity (Wildman–Crippen MR) is 86.0 cm³/mol. The van der Waals surface area contributed by atoms with Gasteiger partial charge in [0.25, 0.3) is 0 Å². The van der Waals surface area contributed by atoms with Crippen molar-refractivity contribution in [3.8, 4) is 5.69 Å². The topological polar surface area (TPSA) is 59.4 Å². The number of halogens is 4. The largest absolute Gasteiger partial charge is 0.450 e. The summed E-state index contributed by atoms with van der Waals surface area (Å²) in [4.78, 5) is 7.91. The first-order valence-electron chi connectivity index (χ1n) is 6.91. The van der Waals surface area contributed by atoms with Crippen molar-refractivity contribution in [3.63, 3.8) is 0 Å². The SMILES string of the molecule is Cc1cc(-n2c(C(F)(F)F)nc3ccc(Br)nc32)cc2cn[nH]c12. The molecule has 0 bridgehead atoms. The van der Waals surface area contributed by atoms with Crippen molar-refractivity contribution >= 4 is 38.0 Å². The molecule has 0 aliphatic carbocycles. The third kappa shape index (κ3) is 2.27. The van der Waals surface area contributed by atoms with Gasteiger partial charge in [-0.25, -0.2) is 9.97 Å². The first-order chi connectivity index (χ1) is 11.3. The molecule has 0 amide bonds. The summed E-state index contributed by atoms with van der Waals surface area (Å²) in [7, 11) is 0. The van der Waals surface area contributed by atoms with Crippen molar-refractivity contribution in [2.75, 3.05) is 0 Å². The van der Waals surface area contributed by atoms with Gasteiger partial charge in [0.2, 0.25) is 5.82 Å². The number of H-pyrrole nitrogens is 1. The number of imidazole rings is 1. The molecule has 0 unspecified atom stereocenters. The van der Waals surface area contributed by atoms with E-state index in [1.165, 1.54) is 6.07 Å². The molecule has 0 atom stereocenters. The van der Waals surface area contributed by atoms with E-state index in [1.54, 1.807) is 31.3 Å². The number of alkyl halides is 3. The molecule has 4 rings (SSSR count). The van der Waals surface area contributed by atoms with Crippen molar-refractivity contribution in [2.24, 2.45) is 0 Å². The van der Waals surface area contributed by atoms with E-state index < -0.39 is 12.0 Å². The molecule has 1 N–H and O–H groups in total. The Labute approximate surface area is 141 Å². The average Bonchev–Trinajstić information content (AvgIpc) is 3.10. The van der Waals surface area contributed by atoms with Crippen LogP contribution in [0.2, 0.25) is 0 Å². The third-order valence-corrected chi connectivity index (χ3v) is 4.15. The quantitative estimate of drug-likeness (QED) is 0.486. The number of hydrogen-bond acceptors (Lipinski definition) is 3. The number of aryl methyl sites for hydroxylation is 1. The van der Waals surface area contributed by atoms with E-state index in [0.29, 0.717) is 10.3 Å². The Balaban J connectivity index is 2.11. The minimum atomic E-state index is -4.60. The second kappa shape index (κ2) is 5.04. The molecular formula is C15H9BrF3N5.